The summed E-state index contributed by atoms with van der Waals surface area (Å²) in [7, 11) is 0. The molecule has 0 spiro atoms. The number of aryl methyl sites for hydroxylation is 1. The number of pyridine rings is 1. The minimum Gasteiger partial charge on any atom is -0.377 e. The molecular weight excluding hydrogens is 340 g/mol. The average molecular weight is 354 g/mol. The third-order valence-corrected chi connectivity index (χ3v) is 4.40. The highest BCUT2D eigenvalue weighted by Gasteiger charge is 2.21. The van der Waals surface area contributed by atoms with Gasteiger partial charge in [0, 0.05) is 16.2 Å². The van der Waals surface area contributed by atoms with Crippen LogP contribution in [-0.2, 0) is 6.42 Å². The van der Waals surface area contributed by atoms with E-state index in [9.17, 15) is 4.79 Å². The van der Waals surface area contributed by atoms with Crippen LogP contribution >= 0.6 is 27.5 Å². The fourth-order valence-corrected chi connectivity index (χ4v) is 3.37. The summed E-state index contributed by atoms with van der Waals surface area (Å²) in [5, 5.41) is 4.17. The van der Waals surface area contributed by atoms with Gasteiger partial charge in [0.1, 0.15) is 0 Å². The van der Waals surface area contributed by atoms with Gasteiger partial charge in [-0.05, 0) is 49.1 Å². The lowest BCUT2D eigenvalue weighted by Crippen LogP contribution is -2.21. The molecule has 0 aliphatic heterocycles. The third-order valence-electron chi connectivity index (χ3n) is 3.59. The van der Waals surface area contributed by atoms with Crippen molar-refractivity contribution < 1.29 is 0 Å². The van der Waals surface area contributed by atoms with Gasteiger partial charge in [-0.1, -0.05) is 27.5 Å². The van der Waals surface area contributed by atoms with Gasteiger partial charge in [-0.15, -0.1) is 0 Å². The van der Waals surface area contributed by atoms with Crippen LogP contribution < -0.4 is 10.9 Å². The Hall–Kier alpha value is -1.26. The molecule has 0 bridgehead atoms. The first-order valence-corrected chi connectivity index (χ1v) is 7.74. The summed E-state index contributed by atoms with van der Waals surface area (Å²) < 4.78 is 0.960. The van der Waals surface area contributed by atoms with Gasteiger partial charge in [0.15, 0.2) is 0 Å². The van der Waals surface area contributed by atoms with Crippen molar-refractivity contribution in [2.45, 2.75) is 25.3 Å². The smallest absolute Gasteiger partial charge is 0.248 e. The first-order valence-electron chi connectivity index (χ1n) is 6.57. The predicted octanol–water partition coefficient (Wildman–Crippen LogP) is 4.28. The van der Waals surface area contributed by atoms with Crippen molar-refractivity contribution in [1.82, 2.24) is 4.98 Å². The number of hydrogen-bond acceptors (Lipinski definition) is 2. The van der Waals surface area contributed by atoms with E-state index in [1.165, 1.54) is 0 Å². The van der Waals surface area contributed by atoms with E-state index in [1.807, 2.05) is 24.3 Å². The van der Waals surface area contributed by atoms with Crippen molar-refractivity contribution in [2.75, 3.05) is 5.32 Å². The van der Waals surface area contributed by atoms with Crippen molar-refractivity contribution in [3.05, 3.63) is 61.4 Å². The van der Waals surface area contributed by atoms with Crippen LogP contribution in [0.15, 0.2) is 39.6 Å². The Labute approximate surface area is 130 Å². The highest BCUT2D eigenvalue weighted by Crippen LogP contribution is 2.34. The topological polar surface area (TPSA) is 44.9 Å². The van der Waals surface area contributed by atoms with Gasteiger partial charge in [-0.25, -0.2) is 0 Å². The van der Waals surface area contributed by atoms with Gasteiger partial charge >= 0.3 is 0 Å². The van der Waals surface area contributed by atoms with Crippen molar-refractivity contribution in [3.63, 3.8) is 0 Å². The SMILES string of the molecule is O=c1ccc2c([nH]1)CCCC2Nc1ccc(Br)cc1Cl. The summed E-state index contributed by atoms with van der Waals surface area (Å²) in [6.45, 7) is 0. The first-order chi connectivity index (χ1) is 9.63. The maximum absolute atomic E-state index is 11.4. The molecule has 1 atom stereocenters. The zero-order valence-corrected chi connectivity index (χ0v) is 13.1. The number of H-pyrrole nitrogens is 1. The second-order valence-electron chi connectivity index (χ2n) is 4.97. The highest BCUT2D eigenvalue weighted by molar-refractivity contribution is 9.10. The Bertz CT molecular complexity index is 699. The Morgan fingerprint density at radius 2 is 2.15 bits per heavy atom. The number of hydrogen-bond donors (Lipinski definition) is 2. The molecule has 5 heteroatoms. The van der Waals surface area contributed by atoms with E-state index in [-0.39, 0.29) is 11.6 Å². The van der Waals surface area contributed by atoms with Crippen molar-refractivity contribution in [2.24, 2.45) is 0 Å². The monoisotopic (exact) mass is 352 g/mol. The van der Waals surface area contributed by atoms with Crippen LogP contribution in [0.2, 0.25) is 5.02 Å². The molecule has 1 aromatic heterocycles. The Morgan fingerprint density at radius 3 is 2.95 bits per heavy atom. The van der Waals surface area contributed by atoms with E-state index in [4.69, 9.17) is 11.6 Å². The zero-order valence-electron chi connectivity index (χ0n) is 10.7. The highest BCUT2D eigenvalue weighted by atomic mass is 79.9. The van der Waals surface area contributed by atoms with Crippen LogP contribution in [0.1, 0.15) is 30.1 Å². The maximum atomic E-state index is 11.4. The average Bonchev–Trinajstić information content (AvgIpc) is 2.41. The van der Waals surface area contributed by atoms with Crippen molar-refractivity contribution >= 4 is 33.2 Å². The number of rotatable bonds is 2. The van der Waals surface area contributed by atoms with E-state index in [0.717, 1.165) is 40.7 Å². The number of aromatic amines is 1. The molecule has 3 nitrogen and oxygen atoms in total. The lowest BCUT2D eigenvalue weighted by molar-refractivity contribution is 0.587. The number of aromatic nitrogens is 1. The normalized spacial score (nSPS) is 17.6. The predicted molar refractivity (Wildman–Crippen MR) is 85.5 cm³/mol. The van der Waals surface area contributed by atoms with Crippen molar-refractivity contribution in [3.8, 4) is 0 Å². The molecule has 2 aromatic rings. The van der Waals surface area contributed by atoms with Gasteiger partial charge in [0.2, 0.25) is 5.56 Å². The Kier molecular flexibility index (Phi) is 3.85. The molecule has 1 heterocycles. The number of benzene rings is 1. The maximum Gasteiger partial charge on any atom is 0.248 e. The first kappa shape index (κ1) is 13.7. The largest absolute Gasteiger partial charge is 0.377 e. The minimum absolute atomic E-state index is 0.0360. The van der Waals surface area contributed by atoms with Gasteiger partial charge in [0.05, 0.1) is 16.8 Å². The van der Waals surface area contributed by atoms with Crippen LogP contribution in [0.5, 0.6) is 0 Å². The van der Waals surface area contributed by atoms with Gasteiger partial charge < -0.3 is 10.3 Å². The molecule has 1 aliphatic rings. The molecule has 1 aliphatic carbocycles. The lowest BCUT2D eigenvalue weighted by Gasteiger charge is -2.27. The summed E-state index contributed by atoms with van der Waals surface area (Å²) in [5.74, 6) is 0. The Morgan fingerprint density at radius 1 is 1.30 bits per heavy atom. The molecule has 3 rings (SSSR count). The molecule has 0 radical (unpaired) electrons. The van der Waals surface area contributed by atoms with Crippen LogP contribution in [0.4, 0.5) is 5.69 Å². The van der Waals surface area contributed by atoms with Gasteiger partial charge in [-0.2, -0.15) is 0 Å². The number of anilines is 1. The van der Waals surface area contributed by atoms with Crippen LogP contribution in [0.25, 0.3) is 0 Å². The quantitative estimate of drug-likeness (QED) is 0.846. The second-order valence-corrected chi connectivity index (χ2v) is 6.29. The van der Waals surface area contributed by atoms with E-state index in [0.29, 0.717) is 5.02 Å². The van der Waals surface area contributed by atoms with Crippen LogP contribution in [0.3, 0.4) is 0 Å². The molecule has 2 N–H and O–H groups in total. The molecule has 0 saturated carbocycles. The fourth-order valence-electron chi connectivity index (χ4n) is 2.64. The molecule has 1 unspecified atom stereocenters. The third kappa shape index (κ3) is 2.76. The lowest BCUT2D eigenvalue weighted by atomic mass is 9.91. The molecule has 0 fully saturated rings. The summed E-state index contributed by atoms with van der Waals surface area (Å²) in [5.41, 5.74) is 3.08. The van der Waals surface area contributed by atoms with E-state index in [2.05, 4.69) is 26.2 Å². The second kappa shape index (κ2) is 5.62. The van der Waals surface area contributed by atoms with E-state index in [1.54, 1.807) is 6.07 Å². The molecule has 1 aromatic carbocycles. The van der Waals surface area contributed by atoms with Gasteiger partial charge in [-0.3, -0.25) is 4.79 Å². The standard InChI is InChI=1S/C15H14BrClN2O/c16-9-4-6-14(11(17)8-9)18-12-2-1-3-13-10(12)5-7-15(20)19-13/h4-8,12,18H,1-3H2,(H,19,20). The van der Waals surface area contributed by atoms with Gasteiger partial charge in [0.25, 0.3) is 0 Å². The van der Waals surface area contributed by atoms with Crippen LogP contribution in [0, 0.1) is 0 Å². The summed E-state index contributed by atoms with van der Waals surface area (Å²) in [4.78, 5) is 14.3. The fraction of sp³-hybridized carbons (Fsp3) is 0.267. The number of halogens is 2. The minimum atomic E-state index is -0.0360. The molecule has 20 heavy (non-hydrogen) atoms. The summed E-state index contributed by atoms with van der Waals surface area (Å²) in [6.07, 6.45) is 3.02. The van der Waals surface area contributed by atoms with E-state index < -0.39 is 0 Å². The summed E-state index contributed by atoms with van der Waals surface area (Å²) >= 11 is 9.65. The van der Waals surface area contributed by atoms with E-state index >= 15 is 0 Å². The van der Waals surface area contributed by atoms with Crippen molar-refractivity contribution in [1.29, 1.82) is 0 Å². The molecule has 104 valence electrons. The zero-order chi connectivity index (χ0) is 14.1. The summed E-state index contributed by atoms with van der Waals surface area (Å²) in [6, 6.07) is 9.49. The number of nitrogens with one attached hydrogen (secondary N) is 2. The van der Waals surface area contributed by atoms with Crippen LogP contribution in [-0.4, -0.2) is 4.98 Å². The molecule has 0 saturated heterocycles. The molecule has 0 amide bonds. The number of fused-ring (bicyclic) bond motifs is 1. The molecular formula is C15H14BrClN2O. The Balaban J connectivity index is 1.91.